The third-order valence-electron chi connectivity index (χ3n) is 1.32. The molecule has 60 valence electrons. The highest BCUT2D eigenvalue weighted by atomic mass is 32.1. The van der Waals surface area contributed by atoms with Gasteiger partial charge in [0.1, 0.15) is 5.75 Å². The lowest BCUT2D eigenvalue weighted by molar-refractivity contribution is 0.0699. The maximum absolute atomic E-state index is 10.5. The van der Waals surface area contributed by atoms with Crippen LogP contribution in [0.15, 0.2) is 5.38 Å². The molecule has 1 heterocycles. The van der Waals surface area contributed by atoms with Crippen LogP contribution in [0.3, 0.4) is 0 Å². The van der Waals surface area contributed by atoms with Crippen molar-refractivity contribution < 1.29 is 14.6 Å². The van der Waals surface area contributed by atoms with Crippen LogP contribution in [-0.4, -0.2) is 18.2 Å². The summed E-state index contributed by atoms with van der Waals surface area (Å²) < 4.78 is 4.91. The van der Waals surface area contributed by atoms with E-state index in [0.29, 0.717) is 5.75 Å². The molecular formula is C7H8O3S. The van der Waals surface area contributed by atoms with Crippen molar-refractivity contribution >= 4 is 17.3 Å². The van der Waals surface area contributed by atoms with Crippen LogP contribution >= 0.6 is 11.3 Å². The Morgan fingerprint density at radius 2 is 2.36 bits per heavy atom. The standard InChI is InChI=1S/C7H8O3S/c1-4-3-11-6(7(8)9)5(4)10-2/h3H,1-2H3,(H,8,9). The number of carbonyl (C=O) groups is 1. The predicted octanol–water partition coefficient (Wildman–Crippen LogP) is 1.76. The van der Waals surface area contributed by atoms with Gasteiger partial charge in [-0.05, 0) is 12.3 Å². The quantitative estimate of drug-likeness (QED) is 0.739. The monoisotopic (exact) mass is 172 g/mol. The van der Waals surface area contributed by atoms with Crippen molar-refractivity contribution in [2.24, 2.45) is 0 Å². The maximum atomic E-state index is 10.5. The summed E-state index contributed by atoms with van der Waals surface area (Å²) in [6, 6.07) is 0. The molecule has 0 aromatic carbocycles. The summed E-state index contributed by atoms with van der Waals surface area (Å²) in [5, 5.41) is 10.4. The van der Waals surface area contributed by atoms with Crippen LogP contribution in [0.5, 0.6) is 5.75 Å². The molecule has 0 aliphatic rings. The highest BCUT2D eigenvalue weighted by Crippen LogP contribution is 2.29. The summed E-state index contributed by atoms with van der Waals surface area (Å²) in [4.78, 5) is 10.8. The van der Waals surface area contributed by atoms with Crippen LogP contribution in [0, 0.1) is 6.92 Å². The van der Waals surface area contributed by atoms with Crippen LogP contribution in [-0.2, 0) is 0 Å². The van der Waals surface area contributed by atoms with Crippen molar-refractivity contribution in [2.75, 3.05) is 7.11 Å². The number of carboxylic acids is 1. The van der Waals surface area contributed by atoms with Gasteiger partial charge in [-0.2, -0.15) is 0 Å². The number of hydrogen-bond donors (Lipinski definition) is 1. The van der Waals surface area contributed by atoms with E-state index in [9.17, 15) is 4.79 Å². The fraction of sp³-hybridized carbons (Fsp3) is 0.286. The molecule has 0 fully saturated rings. The normalized spacial score (nSPS) is 9.64. The number of hydrogen-bond acceptors (Lipinski definition) is 3. The van der Waals surface area contributed by atoms with Gasteiger partial charge in [-0.15, -0.1) is 11.3 Å². The zero-order valence-corrected chi connectivity index (χ0v) is 7.07. The summed E-state index contributed by atoms with van der Waals surface area (Å²) in [5.74, 6) is -0.456. The Bertz CT molecular complexity index is 277. The van der Waals surface area contributed by atoms with E-state index in [1.54, 1.807) is 5.38 Å². The largest absolute Gasteiger partial charge is 0.495 e. The highest BCUT2D eigenvalue weighted by Gasteiger charge is 2.14. The third-order valence-corrected chi connectivity index (χ3v) is 2.38. The van der Waals surface area contributed by atoms with E-state index in [4.69, 9.17) is 9.84 Å². The molecule has 1 rings (SSSR count). The van der Waals surface area contributed by atoms with Crippen molar-refractivity contribution in [3.8, 4) is 5.75 Å². The Labute approximate surface area is 68.2 Å². The van der Waals surface area contributed by atoms with E-state index in [1.807, 2.05) is 6.92 Å². The smallest absolute Gasteiger partial charge is 0.349 e. The predicted molar refractivity (Wildman–Crippen MR) is 42.6 cm³/mol. The molecular weight excluding hydrogens is 164 g/mol. The second-order valence-corrected chi connectivity index (χ2v) is 2.97. The number of rotatable bonds is 2. The van der Waals surface area contributed by atoms with Crippen molar-refractivity contribution in [3.05, 3.63) is 15.8 Å². The van der Waals surface area contributed by atoms with Crippen molar-refractivity contribution in [3.63, 3.8) is 0 Å². The molecule has 0 unspecified atom stereocenters. The SMILES string of the molecule is COc1c(C)csc1C(=O)O. The lowest BCUT2D eigenvalue weighted by Crippen LogP contribution is -1.96. The molecule has 0 radical (unpaired) electrons. The Kier molecular flexibility index (Phi) is 2.14. The first-order valence-electron chi connectivity index (χ1n) is 3.02. The topological polar surface area (TPSA) is 46.5 Å². The number of aryl methyl sites for hydroxylation is 1. The summed E-state index contributed by atoms with van der Waals surface area (Å²) in [5.41, 5.74) is 0.870. The first-order chi connectivity index (χ1) is 5.16. The molecule has 4 heteroatoms. The van der Waals surface area contributed by atoms with Crippen LogP contribution in [0.25, 0.3) is 0 Å². The van der Waals surface area contributed by atoms with Crippen molar-refractivity contribution in [1.82, 2.24) is 0 Å². The molecule has 0 amide bonds. The van der Waals surface area contributed by atoms with E-state index in [-0.39, 0.29) is 4.88 Å². The molecule has 0 saturated heterocycles. The number of thiophene rings is 1. The Morgan fingerprint density at radius 1 is 1.73 bits per heavy atom. The van der Waals surface area contributed by atoms with Crippen LogP contribution in [0.2, 0.25) is 0 Å². The van der Waals surface area contributed by atoms with Gasteiger partial charge in [0.05, 0.1) is 7.11 Å². The number of methoxy groups -OCH3 is 1. The van der Waals surface area contributed by atoms with Gasteiger partial charge in [0.15, 0.2) is 4.88 Å². The molecule has 0 aliphatic heterocycles. The molecule has 1 aromatic heterocycles. The van der Waals surface area contributed by atoms with E-state index in [2.05, 4.69) is 0 Å². The zero-order valence-electron chi connectivity index (χ0n) is 6.25. The van der Waals surface area contributed by atoms with E-state index in [1.165, 1.54) is 18.4 Å². The van der Waals surface area contributed by atoms with E-state index in [0.717, 1.165) is 5.56 Å². The van der Waals surface area contributed by atoms with Crippen LogP contribution in [0.1, 0.15) is 15.2 Å². The molecule has 0 aliphatic carbocycles. The van der Waals surface area contributed by atoms with Crippen molar-refractivity contribution in [2.45, 2.75) is 6.92 Å². The summed E-state index contributed by atoms with van der Waals surface area (Å²) in [6.45, 7) is 1.82. The Hall–Kier alpha value is -1.03. The van der Waals surface area contributed by atoms with Gasteiger partial charge < -0.3 is 9.84 Å². The zero-order chi connectivity index (χ0) is 8.43. The fourth-order valence-electron chi connectivity index (χ4n) is 0.835. The second-order valence-electron chi connectivity index (χ2n) is 2.09. The van der Waals surface area contributed by atoms with E-state index >= 15 is 0 Å². The Balaban J connectivity index is 3.15. The Morgan fingerprint density at radius 3 is 2.73 bits per heavy atom. The first kappa shape index (κ1) is 8.07. The van der Waals surface area contributed by atoms with Gasteiger partial charge in [-0.1, -0.05) is 0 Å². The second kappa shape index (κ2) is 2.92. The molecule has 1 aromatic rings. The summed E-state index contributed by atoms with van der Waals surface area (Å²) in [6.07, 6.45) is 0. The average molecular weight is 172 g/mol. The number of aromatic carboxylic acids is 1. The third kappa shape index (κ3) is 1.35. The van der Waals surface area contributed by atoms with Crippen molar-refractivity contribution in [1.29, 1.82) is 0 Å². The van der Waals surface area contributed by atoms with Gasteiger partial charge in [0, 0.05) is 5.56 Å². The molecule has 0 spiro atoms. The molecule has 0 saturated carbocycles. The fourth-order valence-corrected chi connectivity index (χ4v) is 1.69. The van der Waals surface area contributed by atoms with Gasteiger partial charge in [-0.3, -0.25) is 0 Å². The maximum Gasteiger partial charge on any atom is 0.349 e. The molecule has 1 N–H and O–H groups in total. The first-order valence-corrected chi connectivity index (χ1v) is 3.90. The lowest BCUT2D eigenvalue weighted by Gasteiger charge is -1.98. The van der Waals surface area contributed by atoms with Gasteiger partial charge in [0.25, 0.3) is 0 Å². The number of carboxylic acid groups (broad SMARTS) is 1. The lowest BCUT2D eigenvalue weighted by atomic mass is 10.3. The number of ether oxygens (including phenoxy) is 1. The average Bonchev–Trinajstić information content (AvgIpc) is 2.30. The van der Waals surface area contributed by atoms with Gasteiger partial charge >= 0.3 is 5.97 Å². The summed E-state index contributed by atoms with van der Waals surface area (Å²) in [7, 11) is 1.47. The molecule has 0 bridgehead atoms. The van der Waals surface area contributed by atoms with Gasteiger partial charge in [0.2, 0.25) is 0 Å². The highest BCUT2D eigenvalue weighted by molar-refractivity contribution is 7.12. The van der Waals surface area contributed by atoms with Gasteiger partial charge in [-0.25, -0.2) is 4.79 Å². The van der Waals surface area contributed by atoms with E-state index < -0.39 is 5.97 Å². The molecule has 3 nitrogen and oxygen atoms in total. The van der Waals surface area contributed by atoms with Crippen LogP contribution < -0.4 is 4.74 Å². The minimum absolute atomic E-state index is 0.269. The molecule has 11 heavy (non-hydrogen) atoms. The minimum atomic E-state index is -0.931. The minimum Gasteiger partial charge on any atom is -0.495 e. The van der Waals surface area contributed by atoms with Crippen LogP contribution in [0.4, 0.5) is 0 Å². The molecule has 0 atom stereocenters. The summed E-state index contributed by atoms with van der Waals surface area (Å²) >= 11 is 1.18.